The fourth-order valence-electron chi connectivity index (χ4n) is 4.48. The fraction of sp³-hybridized carbons (Fsp3) is 0.391. The number of nitrogens with two attached hydrogens (primary N) is 1. The van der Waals surface area contributed by atoms with Gasteiger partial charge in [-0.2, -0.15) is 9.97 Å². The molecule has 1 aromatic carbocycles. The van der Waals surface area contributed by atoms with Gasteiger partial charge in [-0.25, -0.2) is 14.4 Å². The molecule has 0 radical (unpaired) electrons. The second-order valence-electron chi connectivity index (χ2n) is 8.50. The number of benzene rings is 1. The zero-order chi connectivity index (χ0) is 23.1. The van der Waals surface area contributed by atoms with Crippen LogP contribution in [-0.4, -0.2) is 44.1 Å². The molecule has 5 rings (SSSR count). The van der Waals surface area contributed by atoms with E-state index in [1.165, 1.54) is 6.07 Å². The van der Waals surface area contributed by atoms with Crippen molar-refractivity contribution in [3.63, 3.8) is 0 Å². The van der Waals surface area contributed by atoms with Gasteiger partial charge in [-0.1, -0.05) is 12.8 Å². The predicted molar refractivity (Wildman–Crippen MR) is 126 cm³/mol. The highest BCUT2D eigenvalue weighted by molar-refractivity contribution is 6.16. The summed E-state index contributed by atoms with van der Waals surface area (Å²) in [7, 11) is 1.76. The SMILES string of the molecule is CNc1cc(F)c(C)c2c1[nH]c1nc(Oc3cnc(C)nc3)nc(NC3CCCC[C@@H]3N)c12. The Kier molecular flexibility index (Phi) is 5.45. The Morgan fingerprint density at radius 3 is 2.61 bits per heavy atom. The first-order valence-corrected chi connectivity index (χ1v) is 11.1. The van der Waals surface area contributed by atoms with Crippen LogP contribution >= 0.6 is 0 Å². The summed E-state index contributed by atoms with van der Waals surface area (Å²) in [5.41, 5.74) is 8.86. The van der Waals surface area contributed by atoms with Gasteiger partial charge in [0.15, 0.2) is 5.75 Å². The molecule has 2 atom stereocenters. The zero-order valence-corrected chi connectivity index (χ0v) is 18.9. The Labute approximate surface area is 190 Å². The van der Waals surface area contributed by atoms with Crippen LogP contribution in [-0.2, 0) is 0 Å². The molecule has 4 aromatic rings. The minimum absolute atomic E-state index is 0.00883. The van der Waals surface area contributed by atoms with E-state index in [0.717, 1.165) is 36.6 Å². The molecule has 33 heavy (non-hydrogen) atoms. The van der Waals surface area contributed by atoms with Crippen LogP contribution in [0.25, 0.3) is 21.9 Å². The molecule has 10 heteroatoms. The maximum Gasteiger partial charge on any atom is 0.326 e. The normalized spacial score (nSPS) is 18.6. The van der Waals surface area contributed by atoms with Gasteiger partial charge in [-0.15, -0.1) is 0 Å². The molecular formula is C23H27FN8O. The lowest BCUT2D eigenvalue weighted by atomic mass is 9.91. The molecule has 0 spiro atoms. The Bertz CT molecular complexity index is 1320. The van der Waals surface area contributed by atoms with Crippen molar-refractivity contribution in [3.05, 3.63) is 35.7 Å². The van der Waals surface area contributed by atoms with Crippen LogP contribution in [0.3, 0.4) is 0 Å². The van der Waals surface area contributed by atoms with Gasteiger partial charge in [0.2, 0.25) is 0 Å². The zero-order valence-electron chi connectivity index (χ0n) is 18.9. The predicted octanol–water partition coefficient (Wildman–Crippen LogP) is 4.17. The lowest BCUT2D eigenvalue weighted by Gasteiger charge is -2.30. The van der Waals surface area contributed by atoms with Gasteiger partial charge in [-0.3, -0.25) is 0 Å². The second kappa shape index (κ2) is 8.43. The van der Waals surface area contributed by atoms with E-state index < -0.39 is 0 Å². The lowest BCUT2D eigenvalue weighted by Crippen LogP contribution is -2.42. The summed E-state index contributed by atoms with van der Waals surface area (Å²) < 4.78 is 20.7. The molecule has 9 nitrogen and oxygen atoms in total. The number of aromatic amines is 1. The average Bonchev–Trinajstić information content (AvgIpc) is 3.19. The van der Waals surface area contributed by atoms with E-state index >= 15 is 0 Å². The van der Waals surface area contributed by atoms with Gasteiger partial charge in [0.25, 0.3) is 0 Å². The van der Waals surface area contributed by atoms with Gasteiger partial charge in [-0.05, 0) is 38.3 Å². The number of rotatable bonds is 5. The lowest BCUT2D eigenvalue weighted by molar-refractivity contribution is 0.402. The van der Waals surface area contributed by atoms with Crippen LogP contribution in [0.15, 0.2) is 18.5 Å². The average molecular weight is 451 g/mol. The minimum Gasteiger partial charge on any atom is -0.421 e. The summed E-state index contributed by atoms with van der Waals surface area (Å²) in [6.45, 7) is 3.56. The molecule has 1 unspecified atom stereocenters. The summed E-state index contributed by atoms with van der Waals surface area (Å²) >= 11 is 0. The number of nitrogens with zero attached hydrogens (tertiary/aromatic N) is 4. The fourth-order valence-corrected chi connectivity index (χ4v) is 4.48. The highest BCUT2D eigenvalue weighted by Crippen LogP contribution is 2.38. The number of hydrogen-bond donors (Lipinski definition) is 4. The van der Waals surface area contributed by atoms with Gasteiger partial charge >= 0.3 is 6.01 Å². The van der Waals surface area contributed by atoms with Gasteiger partial charge in [0.05, 0.1) is 29.0 Å². The highest BCUT2D eigenvalue weighted by atomic mass is 19.1. The first-order valence-electron chi connectivity index (χ1n) is 11.1. The van der Waals surface area contributed by atoms with E-state index in [1.807, 2.05) is 0 Å². The Morgan fingerprint density at radius 1 is 1.12 bits per heavy atom. The van der Waals surface area contributed by atoms with E-state index in [4.69, 9.17) is 10.5 Å². The van der Waals surface area contributed by atoms with Crippen molar-refractivity contribution < 1.29 is 9.13 Å². The van der Waals surface area contributed by atoms with Gasteiger partial charge in [0, 0.05) is 24.5 Å². The first kappa shape index (κ1) is 21.3. The summed E-state index contributed by atoms with van der Waals surface area (Å²) in [5.74, 6) is 1.33. The number of nitrogens with one attached hydrogen (secondary N) is 3. The number of fused-ring (bicyclic) bond motifs is 3. The van der Waals surface area contributed by atoms with Crippen LogP contribution in [0, 0.1) is 19.7 Å². The molecule has 1 fully saturated rings. The van der Waals surface area contributed by atoms with E-state index in [0.29, 0.717) is 39.7 Å². The molecule has 0 aliphatic heterocycles. The topological polar surface area (TPSA) is 127 Å². The number of anilines is 2. The number of aromatic nitrogens is 5. The maximum absolute atomic E-state index is 14.8. The third-order valence-electron chi connectivity index (χ3n) is 6.28. The standard InChI is InChI=1S/C23H27FN8O/c1-11-14(24)8-17(26-3)20-18(11)19-21(29-16-7-5-4-6-15(16)25)31-23(32-22(19)30-20)33-13-9-27-12(2)28-10-13/h8-10,15-16,26H,4-7,25H2,1-3H3,(H2,29,30,31,32)/t15-,16?/m0/s1. The quantitative estimate of drug-likeness (QED) is 0.357. The van der Waals surface area contributed by atoms with E-state index in [2.05, 4.69) is 35.6 Å². The molecule has 1 aliphatic carbocycles. The Balaban J connectivity index is 1.69. The Morgan fingerprint density at radius 2 is 1.88 bits per heavy atom. The third kappa shape index (κ3) is 3.91. The molecule has 172 valence electrons. The van der Waals surface area contributed by atoms with Gasteiger partial charge < -0.3 is 26.1 Å². The van der Waals surface area contributed by atoms with Crippen molar-refractivity contribution in [1.29, 1.82) is 0 Å². The van der Waals surface area contributed by atoms with E-state index in [1.54, 1.807) is 33.3 Å². The largest absolute Gasteiger partial charge is 0.421 e. The molecule has 5 N–H and O–H groups in total. The van der Waals surface area contributed by atoms with Crippen molar-refractivity contribution in [2.75, 3.05) is 17.7 Å². The number of hydrogen-bond acceptors (Lipinski definition) is 8. The van der Waals surface area contributed by atoms with Crippen molar-refractivity contribution in [2.45, 2.75) is 51.6 Å². The summed E-state index contributed by atoms with van der Waals surface area (Å²) in [6.07, 6.45) is 7.24. The van der Waals surface area contributed by atoms with Crippen molar-refractivity contribution in [2.24, 2.45) is 5.73 Å². The smallest absolute Gasteiger partial charge is 0.326 e. The molecule has 1 aliphatic rings. The van der Waals surface area contributed by atoms with Crippen molar-refractivity contribution in [3.8, 4) is 11.8 Å². The summed E-state index contributed by atoms with van der Waals surface area (Å²) in [4.78, 5) is 20.9. The van der Waals surface area contributed by atoms with Crippen LogP contribution < -0.4 is 21.1 Å². The molecule has 0 saturated heterocycles. The monoisotopic (exact) mass is 450 g/mol. The molecule has 3 aromatic heterocycles. The Hall–Kier alpha value is -3.53. The second-order valence-corrected chi connectivity index (χ2v) is 8.50. The summed E-state index contributed by atoms with van der Waals surface area (Å²) in [5, 5.41) is 8.02. The molecule has 0 amide bonds. The number of H-pyrrole nitrogens is 1. The molecular weight excluding hydrogens is 423 g/mol. The molecule has 0 bridgehead atoms. The highest BCUT2D eigenvalue weighted by Gasteiger charge is 2.26. The van der Waals surface area contributed by atoms with E-state index in [9.17, 15) is 4.39 Å². The van der Waals surface area contributed by atoms with Crippen LogP contribution in [0.5, 0.6) is 11.8 Å². The summed E-state index contributed by atoms with van der Waals surface area (Å²) in [6, 6.07) is 1.67. The van der Waals surface area contributed by atoms with E-state index in [-0.39, 0.29) is 23.9 Å². The number of aryl methyl sites for hydroxylation is 2. The van der Waals surface area contributed by atoms with Crippen LogP contribution in [0.2, 0.25) is 0 Å². The van der Waals surface area contributed by atoms with Gasteiger partial charge in [0.1, 0.15) is 23.1 Å². The van der Waals surface area contributed by atoms with Crippen molar-refractivity contribution in [1.82, 2.24) is 24.9 Å². The van der Waals surface area contributed by atoms with Crippen LogP contribution in [0.1, 0.15) is 37.1 Å². The first-order chi connectivity index (χ1) is 15.9. The number of ether oxygens (including phenoxy) is 1. The van der Waals surface area contributed by atoms with Crippen LogP contribution in [0.4, 0.5) is 15.9 Å². The maximum atomic E-state index is 14.8. The number of halogens is 1. The molecule has 1 saturated carbocycles. The molecule has 3 heterocycles. The third-order valence-corrected chi connectivity index (χ3v) is 6.28. The van der Waals surface area contributed by atoms with Crippen molar-refractivity contribution >= 4 is 33.4 Å². The minimum atomic E-state index is -0.301.